The fraction of sp³-hybridized carbons (Fsp3) is 0.200. The molecule has 40 heavy (non-hydrogen) atoms. The van der Waals surface area contributed by atoms with Crippen LogP contribution in [-0.2, 0) is 21.4 Å². The van der Waals surface area contributed by atoms with E-state index >= 15 is 0 Å². The number of carbonyl (C=O) groups excluding carboxylic acids is 1. The summed E-state index contributed by atoms with van der Waals surface area (Å²) in [6, 6.07) is 16.6. The molecule has 0 saturated carbocycles. The second kappa shape index (κ2) is 11.8. The van der Waals surface area contributed by atoms with Crippen LogP contribution in [0.25, 0.3) is 28.0 Å². The lowest BCUT2D eigenvalue weighted by Crippen LogP contribution is -2.38. The van der Waals surface area contributed by atoms with Gasteiger partial charge in [-0.05, 0) is 48.4 Å². The van der Waals surface area contributed by atoms with Gasteiger partial charge in [0.15, 0.2) is 5.82 Å². The number of aromatic nitrogens is 1. The first-order valence-corrected chi connectivity index (χ1v) is 14.3. The van der Waals surface area contributed by atoms with Crippen LogP contribution in [0.4, 0.5) is 10.2 Å². The van der Waals surface area contributed by atoms with Gasteiger partial charge in [-0.15, -0.1) is 6.58 Å². The third-order valence-corrected chi connectivity index (χ3v) is 7.36. The van der Waals surface area contributed by atoms with Gasteiger partial charge in [-0.1, -0.05) is 43.0 Å². The maximum Gasteiger partial charge on any atom is 0.255 e. The Morgan fingerprint density at radius 2 is 1.88 bits per heavy atom. The van der Waals surface area contributed by atoms with Crippen LogP contribution in [0.5, 0.6) is 0 Å². The molecule has 10 heteroatoms. The molecule has 1 N–H and O–H groups in total. The maximum absolute atomic E-state index is 13.6. The summed E-state index contributed by atoms with van der Waals surface area (Å²) in [4.78, 5) is 17.5. The Kier molecular flexibility index (Phi) is 8.51. The zero-order valence-electron chi connectivity index (χ0n) is 22.5. The lowest BCUT2D eigenvalue weighted by molar-refractivity contribution is 0.0783. The van der Waals surface area contributed by atoms with E-state index in [-0.39, 0.29) is 36.0 Å². The van der Waals surface area contributed by atoms with Crippen molar-refractivity contribution < 1.29 is 26.8 Å². The lowest BCUT2D eigenvalue weighted by atomic mass is 10.0. The number of amides is 1. The van der Waals surface area contributed by atoms with Crippen molar-refractivity contribution in [2.75, 3.05) is 24.2 Å². The predicted octanol–water partition coefficient (Wildman–Crippen LogP) is 5.56. The number of nitrogens with one attached hydrogen (secondary N) is 1. The second-order valence-electron chi connectivity index (χ2n) is 9.25. The Bertz CT molecular complexity index is 1670. The molecule has 1 unspecified atom stereocenters. The molecule has 8 nitrogen and oxygen atoms in total. The summed E-state index contributed by atoms with van der Waals surface area (Å²) in [6.07, 6.45) is 1.93. The third kappa shape index (κ3) is 6.13. The molecule has 0 radical (unpaired) electrons. The number of pyridine rings is 1. The van der Waals surface area contributed by atoms with E-state index in [1.165, 1.54) is 37.4 Å². The minimum Gasteiger partial charge on any atom is -0.437 e. The number of allylic oxidation sites excluding steroid dienone is 1. The number of rotatable bonds is 11. The quantitative estimate of drug-likeness (QED) is 0.240. The van der Waals surface area contributed by atoms with Gasteiger partial charge in [-0.2, -0.15) is 4.98 Å². The van der Waals surface area contributed by atoms with Crippen molar-refractivity contribution in [3.05, 3.63) is 102 Å². The standard InChI is InChI=1S/C30H30FN3O5S/c1-6-23(38-18-20-10-8-7-9-11-20)17-34(40(5,36)37)28-24(19(2)3)16-25-26(29(35)32-4)27(39-30(25)33-28)21-12-14-22(31)15-13-21/h6-16,23H,1-2,17-18H2,3-5H3,(H,32,35). The summed E-state index contributed by atoms with van der Waals surface area (Å²) < 4.78 is 52.9. The van der Waals surface area contributed by atoms with E-state index in [0.717, 1.165) is 16.1 Å². The Hall–Kier alpha value is -4.28. The van der Waals surface area contributed by atoms with Crippen LogP contribution >= 0.6 is 0 Å². The molecular formula is C30H30FN3O5S. The topological polar surface area (TPSA) is 102 Å². The molecule has 0 aliphatic heterocycles. The third-order valence-electron chi connectivity index (χ3n) is 6.24. The smallest absolute Gasteiger partial charge is 0.255 e. The summed E-state index contributed by atoms with van der Waals surface area (Å²) in [6.45, 7) is 9.69. The Morgan fingerprint density at radius 3 is 2.45 bits per heavy atom. The van der Waals surface area contributed by atoms with Crippen molar-refractivity contribution in [1.82, 2.24) is 10.3 Å². The first kappa shape index (κ1) is 28.7. The number of carbonyl (C=O) groups is 1. The molecule has 2 aromatic carbocycles. The molecule has 0 fully saturated rings. The van der Waals surface area contributed by atoms with Crippen LogP contribution in [0.1, 0.15) is 28.4 Å². The lowest BCUT2D eigenvalue weighted by Gasteiger charge is -2.27. The number of sulfonamides is 1. The summed E-state index contributed by atoms with van der Waals surface area (Å²) in [5, 5.41) is 2.95. The van der Waals surface area contributed by atoms with Crippen molar-refractivity contribution in [1.29, 1.82) is 0 Å². The van der Waals surface area contributed by atoms with Crippen molar-refractivity contribution in [3.8, 4) is 11.3 Å². The molecule has 0 spiro atoms. The van der Waals surface area contributed by atoms with Crippen molar-refractivity contribution in [2.24, 2.45) is 0 Å². The number of halogens is 1. The molecule has 208 valence electrons. The summed E-state index contributed by atoms with van der Waals surface area (Å²) in [5.41, 5.74) is 2.52. The van der Waals surface area contributed by atoms with Gasteiger partial charge in [0.25, 0.3) is 5.91 Å². The van der Waals surface area contributed by atoms with Crippen LogP contribution in [0, 0.1) is 5.82 Å². The highest BCUT2D eigenvalue weighted by Gasteiger charge is 2.29. The van der Waals surface area contributed by atoms with Gasteiger partial charge >= 0.3 is 0 Å². The molecule has 2 aromatic heterocycles. The average Bonchev–Trinajstić information content (AvgIpc) is 3.30. The van der Waals surface area contributed by atoms with Gasteiger partial charge < -0.3 is 14.5 Å². The van der Waals surface area contributed by atoms with Gasteiger partial charge in [-0.3, -0.25) is 9.10 Å². The molecule has 2 heterocycles. The number of furan rings is 1. The van der Waals surface area contributed by atoms with E-state index in [2.05, 4.69) is 23.5 Å². The minimum atomic E-state index is -3.87. The SMILES string of the molecule is C=CC(CN(c1nc2oc(-c3ccc(F)cc3)c(C(=O)NC)c2cc1C(=C)C)S(C)(=O)=O)OCc1ccccc1. The fourth-order valence-corrected chi connectivity index (χ4v) is 5.06. The zero-order valence-corrected chi connectivity index (χ0v) is 23.3. The van der Waals surface area contributed by atoms with E-state index in [9.17, 15) is 17.6 Å². The molecular weight excluding hydrogens is 533 g/mol. The minimum absolute atomic E-state index is 0.0342. The number of hydrogen-bond acceptors (Lipinski definition) is 6. The Balaban J connectivity index is 1.84. The van der Waals surface area contributed by atoms with Crippen LogP contribution < -0.4 is 9.62 Å². The van der Waals surface area contributed by atoms with Crippen LogP contribution in [0.15, 0.2) is 84.3 Å². The Labute approximate surface area is 232 Å². The normalized spacial score (nSPS) is 12.2. The van der Waals surface area contributed by atoms with Crippen LogP contribution in [-0.4, -0.2) is 45.3 Å². The predicted molar refractivity (Wildman–Crippen MR) is 155 cm³/mol. The summed E-state index contributed by atoms with van der Waals surface area (Å²) >= 11 is 0. The van der Waals surface area contributed by atoms with Crippen molar-refractivity contribution >= 4 is 38.4 Å². The van der Waals surface area contributed by atoms with Gasteiger partial charge in [0, 0.05) is 18.2 Å². The van der Waals surface area contributed by atoms with E-state index in [1.54, 1.807) is 13.0 Å². The van der Waals surface area contributed by atoms with Gasteiger partial charge in [-0.25, -0.2) is 12.8 Å². The summed E-state index contributed by atoms with van der Waals surface area (Å²) in [5.74, 6) is -0.643. The van der Waals surface area contributed by atoms with Gasteiger partial charge in [0.2, 0.25) is 15.7 Å². The van der Waals surface area contributed by atoms with E-state index in [4.69, 9.17) is 9.15 Å². The zero-order chi connectivity index (χ0) is 29.0. The number of hydrogen-bond donors (Lipinski definition) is 1. The van der Waals surface area contributed by atoms with E-state index in [0.29, 0.717) is 22.1 Å². The number of benzene rings is 2. The number of ether oxygens (including phenoxy) is 1. The summed E-state index contributed by atoms with van der Waals surface area (Å²) in [7, 11) is -2.39. The molecule has 4 aromatic rings. The largest absolute Gasteiger partial charge is 0.437 e. The molecule has 4 rings (SSSR count). The molecule has 1 amide bonds. The van der Waals surface area contributed by atoms with Crippen molar-refractivity contribution in [3.63, 3.8) is 0 Å². The van der Waals surface area contributed by atoms with E-state index < -0.39 is 27.9 Å². The molecule has 0 bridgehead atoms. The maximum atomic E-state index is 13.6. The highest BCUT2D eigenvalue weighted by molar-refractivity contribution is 7.92. The monoisotopic (exact) mass is 563 g/mol. The molecule has 0 aliphatic rings. The van der Waals surface area contributed by atoms with Crippen LogP contribution in [0.2, 0.25) is 0 Å². The highest BCUT2D eigenvalue weighted by Crippen LogP contribution is 2.38. The molecule has 1 atom stereocenters. The van der Waals surface area contributed by atoms with Gasteiger partial charge in [0.1, 0.15) is 11.6 Å². The second-order valence-corrected chi connectivity index (χ2v) is 11.2. The van der Waals surface area contributed by atoms with Crippen LogP contribution in [0.3, 0.4) is 0 Å². The van der Waals surface area contributed by atoms with Crippen molar-refractivity contribution in [2.45, 2.75) is 19.6 Å². The first-order valence-electron chi connectivity index (χ1n) is 12.4. The number of anilines is 1. The average molecular weight is 564 g/mol. The van der Waals surface area contributed by atoms with Gasteiger partial charge in [0.05, 0.1) is 36.5 Å². The molecule has 0 saturated heterocycles. The first-order chi connectivity index (χ1) is 19.0. The Morgan fingerprint density at radius 1 is 1.20 bits per heavy atom. The number of nitrogens with zero attached hydrogens (tertiary/aromatic N) is 2. The molecule has 0 aliphatic carbocycles. The fourth-order valence-electron chi connectivity index (χ4n) is 4.19. The highest BCUT2D eigenvalue weighted by atomic mass is 32.2. The number of fused-ring (bicyclic) bond motifs is 1. The van der Waals surface area contributed by atoms with E-state index in [1.807, 2.05) is 30.3 Å².